The number of hydrogen-bond acceptors (Lipinski definition) is 3. The minimum atomic E-state index is 1.11. The molecule has 1 saturated heterocycles. The van der Waals surface area contributed by atoms with Crippen molar-refractivity contribution in [3.63, 3.8) is 0 Å². The molecule has 1 N–H and O–H groups in total. The van der Waals surface area contributed by atoms with Crippen LogP contribution in [-0.2, 0) is 12.8 Å². The average molecular weight is 245 g/mol. The first-order valence-electron chi connectivity index (χ1n) is 7.08. The SMILES string of the molecule is CN1CCN(CCc2ccc3c(c2)CCN3)CC1. The normalized spacial score (nSPS) is 20.7. The lowest BCUT2D eigenvalue weighted by Crippen LogP contribution is -2.45. The van der Waals surface area contributed by atoms with Crippen LogP contribution in [-0.4, -0.2) is 56.1 Å². The van der Waals surface area contributed by atoms with Crippen molar-refractivity contribution in [1.29, 1.82) is 0 Å². The Labute approximate surface area is 110 Å². The molecule has 2 heterocycles. The first kappa shape index (κ1) is 12.0. The fourth-order valence-electron chi connectivity index (χ4n) is 2.87. The Morgan fingerprint density at radius 3 is 2.83 bits per heavy atom. The van der Waals surface area contributed by atoms with Crippen LogP contribution < -0.4 is 5.32 Å². The van der Waals surface area contributed by atoms with Gasteiger partial charge in [-0.05, 0) is 37.1 Å². The third-order valence-corrected chi connectivity index (χ3v) is 4.19. The number of rotatable bonds is 3. The van der Waals surface area contributed by atoms with Crippen LogP contribution in [0.1, 0.15) is 11.1 Å². The molecule has 0 aromatic heterocycles. The second-order valence-corrected chi connectivity index (χ2v) is 5.56. The molecule has 0 radical (unpaired) electrons. The van der Waals surface area contributed by atoms with Crippen molar-refractivity contribution in [3.8, 4) is 0 Å². The van der Waals surface area contributed by atoms with Crippen LogP contribution in [0.25, 0.3) is 0 Å². The molecule has 0 bridgehead atoms. The zero-order chi connectivity index (χ0) is 12.4. The van der Waals surface area contributed by atoms with E-state index in [0.717, 1.165) is 6.54 Å². The number of nitrogens with zero attached hydrogens (tertiary/aromatic N) is 2. The first-order valence-corrected chi connectivity index (χ1v) is 7.08. The summed E-state index contributed by atoms with van der Waals surface area (Å²) in [6, 6.07) is 6.93. The topological polar surface area (TPSA) is 18.5 Å². The summed E-state index contributed by atoms with van der Waals surface area (Å²) >= 11 is 0. The monoisotopic (exact) mass is 245 g/mol. The van der Waals surface area contributed by atoms with Gasteiger partial charge >= 0.3 is 0 Å². The van der Waals surface area contributed by atoms with Gasteiger partial charge in [-0.3, -0.25) is 0 Å². The molecule has 2 aliphatic heterocycles. The summed E-state index contributed by atoms with van der Waals surface area (Å²) in [5.74, 6) is 0. The number of likely N-dealkylation sites (N-methyl/N-ethyl adjacent to an activating group) is 1. The van der Waals surface area contributed by atoms with Gasteiger partial charge in [0.05, 0.1) is 0 Å². The zero-order valence-corrected chi connectivity index (χ0v) is 11.3. The molecule has 1 fully saturated rings. The fourth-order valence-corrected chi connectivity index (χ4v) is 2.87. The lowest BCUT2D eigenvalue weighted by molar-refractivity contribution is 0.155. The Hall–Kier alpha value is -1.06. The van der Waals surface area contributed by atoms with E-state index in [9.17, 15) is 0 Å². The van der Waals surface area contributed by atoms with E-state index in [-0.39, 0.29) is 0 Å². The van der Waals surface area contributed by atoms with Gasteiger partial charge < -0.3 is 15.1 Å². The number of piperazine rings is 1. The third kappa shape index (κ3) is 2.68. The van der Waals surface area contributed by atoms with Crippen LogP contribution in [0.4, 0.5) is 5.69 Å². The number of nitrogens with one attached hydrogen (secondary N) is 1. The zero-order valence-electron chi connectivity index (χ0n) is 11.3. The van der Waals surface area contributed by atoms with E-state index in [1.54, 1.807) is 0 Å². The second-order valence-electron chi connectivity index (χ2n) is 5.56. The molecule has 3 heteroatoms. The molecule has 0 spiro atoms. The van der Waals surface area contributed by atoms with E-state index in [1.165, 1.54) is 62.4 Å². The molecule has 0 saturated carbocycles. The van der Waals surface area contributed by atoms with Gasteiger partial charge in [-0.2, -0.15) is 0 Å². The van der Waals surface area contributed by atoms with Crippen molar-refractivity contribution >= 4 is 5.69 Å². The lowest BCUT2D eigenvalue weighted by Gasteiger charge is -2.32. The van der Waals surface area contributed by atoms with Crippen molar-refractivity contribution in [2.24, 2.45) is 0 Å². The highest BCUT2D eigenvalue weighted by atomic mass is 15.2. The van der Waals surface area contributed by atoms with Gasteiger partial charge in [0.25, 0.3) is 0 Å². The molecule has 1 aromatic carbocycles. The quantitative estimate of drug-likeness (QED) is 0.869. The fraction of sp³-hybridized carbons (Fsp3) is 0.600. The van der Waals surface area contributed by atoms with E-state index in [1.807, 2.05) is 0 Å². The molecule has 18 heavy (non-hydrogen) atoms. The van der Waals surface area contributed by atoms with E-state index in [2.05, 4.69) is 40.4 Å². The van der Waals surface area contributed by atoms with Crippen molar-refractivity contribution < 1.29 is 0 Å². The molecule has 0 amide bonds. The maximum atomic E-state index is 3.42. The van der Waals surface area contributed by atoms with E-state index in [0.29, 0.717) is 0 Å². The number of fused-ring (bicyclic) bond motifs is 1. The van der Waals surface area contributed by atoms with Crippen LogP contribution in [0.15, 0.2) is 18.2 Å². The standard InChI is InChI=1S/C15H23N3/c1-17-8-10-18(11-9-17)7-5-13-2-3-15-14(12-13)4-6-16-15/h2-3,12,16H,4-11H2,1H3. The van der Waals surface area contributed by atoms with Crippen LogP contribution in [0, 0.1) is 0 Å². The molecule has 3 rings (SSSR count). The van der Waals surface area contributed by atoms with Crippen LogP contribution in [0.2, 0.25) is 0 Å². The van der Waals surface area contributed by atoms with Crippen LogP contribution in [0.3, 0.4) is 0 Å². The largest absolute Gasteiger partial charge is 0.384 e. The van der Waals surface area contributed by atoms with Crippen molar-refractivity contribution in [1.82, 2.24) is 9.80 Å². The molecule has 0 unspecified atom stereocenters. The summed E-state index contributed by atoms with van der Waals surface area (Å²) in [6.07, 6.45) is 2.38. The smallest absolute Gasteiger partial charge is 0.0373 e. The van der Waals surface area contributed by atoms with Gasteiger partial charge in [-0.25, -0.2) is 0 Å². The minimum absolute atomic E-state index is 1.11. The van der Waals surface area contributed by atoms with Crippen molar-refractivity contribution in [2.45, 2.75) is 12.8 Å². The van der Waals surface area contributed by atoms with Gasteiger partial charge in [0.1, 0.15) is 0 Å². The molecule has 98 valence electrons. The molecule has 0 atom stereocenters. The van der Waals surface area contributed by atoms with Gasteiger partial charge in [0.2, 0.25) is 0 Å². The van der Waals surface area contributed by atoms with Crippen LogP contribution in [0.5, 0.6) is 0 Å². The lowest BCUT2D eigenvalue weighted by atomic mass is 10.1. The number of benzene rings is 1. The molecule has 1 aromatic rings. The summed E-state index contributed by atoms with van der Waals surface area (Å²) in [4.78, 5) is 5.00. The summed E-state index contributed by atoms with van der Waals surface area (Å²) < 4.78 is 0. The number of anilines is 1. The summed E-state index contributed by atoms with van der Waals surface area (Å²) in [5.41, 5.74) is 4.35. The average Bonchev–Trinajstić information content (AvgIpc) is 2.85. The summed E-state index contributed by atoms with van der Waals surface area (Å²) in [5, 5.41) is 3.42. The molecule has 3 nitrogen and oxygen atoms in total. The maximum absolute atomic E-state index is 3.42. The Morgan fingerprint density at radius 1 is 1.17 bits per heavy atom. The highest BCUT2D eigenvalue weighted by Gasteiger charge is 2.14. The Morgan fingerprint density at radius 2 is 2.00 bits per heavy atom. The van der Waals surface area contributed by atoms with Gasteiger partial charge in [-0.1, -0.05) is 12.1 Å². The highest BCUT2D eigenvalue weighted by Crippen LogP contribution is 2.23. The molecular formula is C15H23N3. The Bertz CT molecular complexity index is 408. The minimum Gasteiger partial charge on any atom is -0.384 e. The summed E-state index contributed by atoms with van der Waals surface area (Å²) in [6.45, 7) is 7.20. The predicted octanol–water partition coefficient (Wildman–Crippen LogP) is 1.44. The van der Waals surface area contributed by atoms with E-state index < -0.39 is 0 Å². The van der Waals surface area contributed by atoms with E-state index in [4.69, 9.17) is 0 Å². The van der Waals surface area contributed by atoms with Gasteiger partial charge in [-0.15, -0.1) is 0 Å². The first-order chi connectivity index (χ1) is 8.81. The predicted molar refractivity (Wildman–Crippen MR) is 76.3 cm³/mol. The molecule has 2 aliphatic rings. The molecular weight excluding hydrogens is 222 g/mol. The third-order valence-electron chi connectivity index (χ3n) is 4.19. The van der Waals surface area contributed by atoms with E-state index >= 15 is 0 Å². The van der Waals surface area contributed by atoms with Crippen molar-refractivity contribution in [2.75, 3.05) is 51.6 Å². The van der Waals surface area contributed by atoms with Gasteiger partial charge in [0.15, 0.2) is 0 Å². The second kappa shape index (κ2) is 5.29. The summed E-state index contributed by atoms with van der Waals surface area (Å²) in [7, 11) is 2.21. The Kier molecular flexibility index (Phi) is 3.52. The molecule has 0 aliphatic carbocycles. The maximum Gasteiger partial charge on any atom is 0.0373 e. The van der Waals surface area contributed by atoms with Crippen LogP contribution >= 0.6 is 0 Å². The van der Waals surface area contributed by atoms with Crippen molar-refractivity contribution in [3.05, 3.63) is 29.3 Å². The number of hydrogen-bond donors (Lipinski definition) is 1. The Balaban J connectivity index is 1.54. The highest BCUT2D eigenvalue weighted by molar-refractivity contribution is 5.56. The van der Waals surface area contributed by atoms with Gasteiger partial charge in [0, 0.05) is 45.0 Å².